The molecule has 0 unspecified atom stereocenters. The lowest BCUT2D eigenvalue weighted by Crippen LogP contribution is -2.57. The lowest BCUT2D eigenvalue weighted by Gasteiger charge is -2.54. The van der Waals surface area contributed by atoms with Gasteiger partial charge in [0.1, 0.15) is 11.5 Å². The molecule has 1 heterocycles. The van der Waals surface area contributed by atoms with Crippen LogP contribution in [0.3, 0.4) is 0 Å². The molecule has 4 nitrogen and oxygen atoms in total. The molecule has 4 fully saturated rings. The third kappa shape index (κ3) is 4.41. The number of carbonyl (C=O) groups excluding carboxylic acids is 1. The number of furan rings is 1. The molecule has 1 aromatic carbocycles. The van der Waals surface area contributed by atoms with Crippen LogP contribution in [0, 0.1) is 23.7 Å². The van der Waals surface area contributed by atoms with Crippen LogP contribution in [0.4, 0.5) is 0 Å². The lowest BCUT2D eigenvalue weighted by atomic mass is 9.54. The van der Waals surface area contributed by atoms with E-state index in [0.717, 1.165) is 11.8 Å². The van der Waals surface area contributed by atoms with E-state index in [-0.39, 0.29) is 5.91 Å². The first-order valence-electron chi connectivity index (χ1n) is 10.8. The van der Waals surface area contributed by atoms with Crippen LogP contribution in [0.1, 0.15) is 37.9 Å². The molecule has 4 bridgehead atoms. The monoisotopic (exact) mass is 474 g/mol. The van der Waals surface area contributed by atoms with E-state index in [4.69, 9.17) is 39.8 Å². The fraction of sp³-hybridized carbons (Fsp3) is 0.417. The summed E-state index contributed by atoms with van der Waals surface area (Å²) >= 11 is 17.8. The van der Waals surface area contributed by atoms with Gasteiger partial charge in [0.05, 0.1) is 10.0 Å². The number of carbonyl (C=O) groups is 1. The van der Waals surface area contributed by atoms with Gasteiger partial charge in [-0.1, -0.05) is 29.3 Å². The van der Waals surface area contributed by atoms with Crippen molar-refractivity contribution in [2.75, 3.05) is 0 Å². The molecule has 0 radical (unpaired) electrons. The highest BCUT2D eigenvalue weighted by Crippen LogP contribution is 2.53. The second-order valence-electron chi connectivity index (χ2n) is 9.06. The fourth-order valence-corrected chi connectivity index (χ4v) is 6.57. The van der Waals surface area contributed by atoms with E-state index in [9.17, 15) is 4.79 Å². The molecule has 162 valence electrons. The maximum absolute atomic E-state index is 12.3. The topological polar surface area (TPSA) is 54.3 Å². The average molecular weight is 475 g/mol. The molecule has 4 saturated carbocycles. The van der Waals surface area contributed by atoms with Gasteiger partial charge in [-0.25, -0.2) is 0 Å². The predicted octanol–water partition coefficient (Wildman–Crippen LogP) is 6.08. The first kappa shape index (κ1) is 21.0. The van der Waals surface area contributed by atoms with Crippen LogP contribution in [-0.4, -0.2) is 17.1 Å². The van der Waals surface area contributed by atoms with E-state index in [2.05, 4.69) is 10.6 Å². The molecule has 1 aromatic heterocycles. The number of amides is 1. The molecule has 7 heteroatoms. The Kier molecular flexibility index (Phi) is 5.84. The first-order valence-corrected chi connectivity index (χ1v) is 12.0. The van der Waals surface area contributed by atoms with Crippen molar-refractivity contribution in [3.05, 3.63) is 52.2 Å². The molecule has 4 aliphatic carbocycles. The van der Waals surface area contributed by atoms with Crippen LogP contribution in [0.25, 0.3) is 17.4 Å². The van der Waals surface area contributed by atoms with Gasteiger partial charge in [-0.15, -0.1) is 0 Å². The van der Waals surface area contributed by atoms with Crippen LogP contribution < -0.4 is 10.6 Å². The van der Waals surface area contributed by atoms with Crippen molar-refractivity contribution in [2.45, 2.75) is 38.1 Å². The van der Waals surface area contributed by atoms with Gasteiger partial charge in [0.2, 0.25) is 5.91 Å². The van der Waals surface area contributed by atoms with Crippen LogP contribution in [0.15, 0.2) is 40.8 Å². The summed E-state index contributed by atoms with van der Waals surface area (Å²) in [7, 11) is 0. The third-order valence-corrected chi connectivity index (χ3v) is 8.04. The standard InChI is InChI=1S/C24H24Cl2N2O2S/c25-19-3-1-2-18(22(19)26)20-6-4-17(30-20)5-7-21(29)27-24(31)28-23-15-9-13-8-14(11-15)12-16(23)10-13/h1-7,13-16,23H,8-12H2,(H2,27,28,29,31). The van der Waals surface area contributed by atoms with Crippen molar-refractivity contribution in [1.29, 1.82) is 0 Å². The molecule has 0 spiro atoms. The summed E-state index contributed by atoms with van der Waals surface area (Å²) in [6.07, 6.45) is 9.67. The quantitative estimate of drug-likeness (QED) is 0.416. The first-order chi connectivity index (χ1) is 15.0. The van der Waals surface area contributed by atoms with E-state index in [0.29, 0.717) is 50.1 Å². The molecular weight excluding hydrogens is 451 g/mol. The van der Waals surface area contributed by atoms with Crippen LogP contribution in [-0.2, 0) is 4.79 Å². The smallest absolute Gasteiger partial charge is 0.250 e. The van der Waals surface area contributed by atoms with Gasteiger partial charge >= 0.3 is 0 Å². The molecule has 0 atom stereocenters. The molecule has 31 heavy (non-hydrogen) atoms. The highest BCUT2D eigenvalue weighted by Gasteiger charge is 2.48. The molecule has 4 aliphatic rings. The summed E-state index contributed by atoms with van der Waals surface area (Å²) in [5.74, 6) is 4.06. The molecular formula is C24H24Cl2N2O2S. The lowest BCUT2D eigenvalue weighted by molar-refractivity contribution is -0.115. The Balaban J connectivity index is 1.17. The second-order valence-corrected chi connectivity index (χ2v) is 10.2. The minimum Gasteiger partial charge on any atom is -0.457 e. The van der Waals surface area contributed by atoms with Crippen LogP contribution in [0.5, 0.6) is 0 Å². The van der Waals surface area contributed by atoms with Crippen molar-refractivity contribution in [1.82, 2.24) is 10.6 Å². The number of benzene rings is 1. The van der Waals surface area contributed by atoms with Gasteiger partial charge < -0.3 is 9.73 Å². The second kappa shape index (κ2) is 8.61. The number of halogens is 2. The summed E-state index contributed by atoms with van der Waals surface area (Å²) in [6, 6.07) is 9.35. The number of thiocarbonyl (C=S) groups is 1. The number of hydrogen-bond donors (Lipinski definition) is 2. The highest BCUT2D eigenvalue weighted by molar-refractivity contribution is 7.80. The molecule has 1 amide bonds. The minimum absolute atomic E-state index is 0.278. The molecule has 2 aromatic rings. The largest absolute Gasteiger partial charge is 0.457 e. The Morgan fingerprint density at radius 3 is 2.45 bits per heavy atom. The van der Waals surface area contributed by atoms with Gasteiger partial charge in [-0.2, -0.15) is 0 Å². The van der Waals surface area contributed by atoms with Gasteiger partial charge in [0, 0.05) is 17.7 Å². The van der Waals surface area contributed by atoms with Gasteiger partial charge in [0.25, 0.3) is 0 Å². The maximum atomic E-state index is 12.3. The minimum atomic E-state index is -0.278. The Morgan fingerprint density at radius 1 is 1.03 bits per heavy atom. The van der Waals surface area contributed by atoms with Gasteiger partial charge in [0.15, 0.2) is 5.11 Å². The van der Waals surface area contributed by atoms with E-state index >= 15 is 0 Å². The number of nitrogens with one attached hydrogen (secondary N) is 2. The Hall–Kier alpha value is -1.82. The van der Waals surface area contributed by atoms with Crippen molar-refractivity contribution < 1.29 is 9.21 Å². The zero-order chi connectivity index (χ0) is 21.5. The number of hydrogen-bond acceptors (Lipinski definition) is 3. The molecule has 0 aliphatic heterocycles. The van der Waals surface area contributed by atoms with E-state index < -0.39 is 0 Å². The van der Waals surface area contributed by atoms with Crippen molar-refractivity contribution in [3.63, 3.8) is 0 Å². The average Bonchev–Trinajstić information content (AvgIpc) is 3.19. The Morgan fingerprint density at radius 2 is 1.74 bits per heavy atom. The summed E-state index contributed by atoms with van der Waals surface area (Å²) in [5.41, 5.74) is 0.708. The van der Waals surface area contributed by atoms with Crippen LogP contribution in [0.2, 0.25) is 10.0 Å². The Labute approximate surface area is 197 Å². The van der Waals surface area contributed by atoms with E-state index in [1.165, 1.54) is 38.2 Å². The van der Waals surface area contributed by atoms with E-state index in [1.54, 1.807) is 24.3 Å². The summed E-state index contributed by atoms with van der Waals surface area (Å²) in [5, 5.41) is 7.54. The number of rotatable bonds is 4. The van der Waals surface area contributed by atoms with Crippen molar-refractivity contribution >= 4 is 52.5 Å². The predicted molar refractivity (Wildman–Crippen MR) is 128 cm³/mol. The van der Waals surface area contributed by atoms with Crippen molar-refractivity contribution in [3.8, 4) is 11.3 Å². The zero-order valence-corrected chi connectivity index (χ0v) is 19.3. The van der Waals surface area contributed by atoms with Gasteiger partial charge in [-0.05, 0) is 98.3 Å². The van der Waals surface area contributed by atoms with Gasteiger partial charge in [-0.3, -0.25) is 10.1 Å². The maximum Gasteiger partial charge on any atom is 0.250 e. The Bertz CT molecular complexity index is 1020. The fourth-order valence-electron chi connectivity index (χ4n) is 5.94. The third-order valence-electron chi connectivity index (χ3n) is 7.00. The molecule has 0 saturated heterocycles. The van der Waals surface area contributed by atoms with E-state index in [1.807, 2.05) is 12.1 Å². The van der Waals surface area contributed by atoms with Crippen molar-refractivity contribution in [2.24, 2.45) is 23.7 Å². The molecule has 2 N–H and O–H groups in total. The highest BCUT2D eigenvalue weighted by atomic mass is 35.5. The normalized spacial score (nSPS) is 28.8. The zero-order valence-electron chi connectivity index (χ0n) is 16.9. The summed E-state index contributed by atoms with van der Waals surface area (Å²) < 4.78 is 5.79. The SMILES string of the molecule is O=C(C=Cc1ccc(-c2cccc(Cl)c2Cl)o1)NC(=S)NC1C2CC3CC(C2)CC1C3. The van der Waals surface area contributed by atoms with Crippen LogP contribution >= 0.6 is 35.4 Å². The molecule has 6 rings (SSSR count). The summed E-state index contributed by atoms with van der Waals surface area (Å²) in [6.45, 7) is 0. The summed E-state index contributed by atoms with van der Waals surface area (Å²) in [4.78, 5) is 12.3.